The molecule has 5 nitrogen and oxygen atoms in total. The number of H-pyrrole nitrogens is 1. The van der Waals surface area contributed by atoms with Crippen molar-refractivity contribution in [2.45, 2.75) is 18.9 Å². The number of nitrogens with zero attached hydrogens (tertiary/aromatic N) is 1. The van der Waals surface area contributed by atoms with Crippen LogP contribution in [0.5, 0.6) is 0 Å². The van der Waals surface area contributed by atoms with E-state index in [0.29, 0.717) is 0 Å². The van der Waals surface area contributed by atoms with Crippen molar-refractivity contribution in [3.8, 4) is 0 Å². The first-order chi connectivity index (χ1) is 7.39. The predicted octanol–water partition coefficient (Wildman–Crippen LogP) is 0.474. The molecule has 1 aliphatic rings. The monoisotopic (exact) mass is 252 g/mol. The fraction of sp³-hybridized carbons (Fsp3) is 0.625. The largest absolute Gasteiger partial charge is 0.294 e. The maximum Gasteiger partial charge on any atom is 0.279 e. The summed E-state index contributed by atoms with van der Waals surface area (Å²) in [5.41, 5.74) is -1.09. The van der Waals surface area contributed by atoms with Gasteiger partial charge in [-0.2, -0.15) is 0 Å². The van der Waals surface area contributed by atoms with Gasteiger partial charge in [-0.25, -0.2) is 21.9 Å². The first-order valence-electron chi connectivity index (χ1n) is 4.69. The van der Waals surface area contributed by atoms with Gasteiger partial charge in [0.1, 0.15) is 5.69 Å². The van der Waals surface area contributed by atoms with E-state index >= 15 is 0 Å². The van der Waals surface area contributed by atoms with E-state index in [9.17, 15) is 22.0 Å². The first-order valence-corrected chi connectivity index (χ1v) is 6.51. The van der Waals surface area contributed by atoms with E-state index in [4.69, 9.17) is 0 Å². The first kappa shape index (κ1) is 11.3. The smallest absolute Gasteiger partial charge is 0.279 e. The van der Waals surface area contributed by atoms with E-state index < -0.39 is 33.6 Å². The zero-order valence-electron chi connectivity index (χ0n) is 8.19. The molecule has 8 heteroatoms. The van der Waals surface area contributed by atoms with Crippen molar-refractivity contribution in [2.24, 2.45) is 0 Å². The lowest BCUT2D eigenvalue weighted by molar-refractivity contribution is 0.144. The van der Waals surface area contributed by atoms with E-state index in [1.807, 2.05) is 0 Å². The number of sulfone groups is 1. The average Bonchev–Trinajstić information content (AvgIpc) is 2.69. The van der Waals surface area contributed by atoms with E-state index in [0.717, 1.165) is 10.7 Å². The molecule has 1 aromatic rings. The molecule has 1 N–H and O–H groups in total. The second-order valence-corrected chi connectivity index (χ2v) is 6.01. The van der Waals surface area contributed by atoms with Crippen LogP contribution in [0, 0.1) is 0 Å². The molecular weight excluding hydrogens is 242 g/mol. The van der Waals surface area contributed by atoms with Crippen LogP contribution in [0.1, 0.15) is 24.6 Å². The van der Waals surface area contributed by atoms with Gasteiger partial charge in [0.05, 0.1) is 17.5 Å². The molecule has 1 unspecified atom stereocenters. The normalized spacial score (nSPS) is 24.1. The molecule has 0 aliphatic carbocycles. The van der Waals surface area contributed by atoms with E-state index in [1.165, 1.54) is 0 Å². The molecule has 1 saturated heterocycles. The molecule has 1 aromatic heterocycles. The standard InChI is InChI=1S/C8H10F2N2O3S/c9-8(10)6-3-7(13)12(11-6)5-1-2-16(14,15)4-5/h3,5,8,11H,1-2,4H2. The fourth-order valence-corrected chi connectivity index (χ4v) is 3.49. The molecule has 0 amide bonds. The van der Waals surface area contributed by atoms with Crippen LogP contribution >= 0.6 is 0 Å². The summed E-state index contributed by atoms with van der Waals surface area (Å²) < 4.78 is 48.0. The summed E-state index contributed by atoms with van der Waals surface area (Å²) in [5.74, 6) is -0.177. The van der Waals surface area contributed by atoms with Gasteiger partial charge in [-0.3, -0.25) is 9.89 Å². The van der Waals surface area contributed by atoms with Crippen LogP contribution in [0.4, 0.5) is 8.78 Å². The van der Waals surface area contributed by atoms with Gasteiger partial charge in [-0.15, -0.1) is 0 Å². The third-order valence-corrected chi connectivity index (χ3v) is 4.32. The van der Waals surface area contributed by atoms with E-state index in [1.54, 1.807) is 0 Å². The van der Waals surface area contributed by atoms with Crippen molar-refractivity contribution in [1.82, 2.24) is 9.78 Å². The van der Waals surface area contributed by atoms with Crippen LogP contribution in [0.3, 0.4) is 0 Å². The van der Waals surface area contributed by atoms with Crippen molar-refractivity contribution < 1.29 is 17.2 Å². The minimum Gasteiger partial charge on any atom is -0.294 e. The Balaban J connectivity index is 2.32. The van der Waals surface area contributed by atoms with Gasteiger partial charge < -0.3 is 0 Å². The Labute approximate surface area is 90.0 Å². The number of hydrogen-bond donors (Lipinski definition) is 1. The molecule has 16 heavy (non-hydrogen) atoms. The molecule has 0 radical (unpaired) electrons. The maximum atomic E-state index is 12.3. The molecule has 0 bridgehead atoms. The fourth-order valence-electron chi connectivity index (χ4n) is 1.79. The molecule has 2 heterocycles. The van der Waals surface area contributed by atoms with Crippen LogP contribution in [0.25, 0.3) is 0 Å². The zero-order chi connectivity index (χ0) is 11.9. The van der Waals surface area contributed by atoms with Gasteiger partial charge in [0.15, 0.2) is 9.84 Å². The predicted molar refractivity (Wildman–Crippen MR) is 52.3 cm³/mol. The number of alkyl halides is 2. The Morgan fingerprint density at radius 3 is 2.62 bits per heavy atom. The summed E-state index contributed by atoms with van der Waals surface area (Å²) >= 11 is 0. The highest BCUT2D eigenvalue weighted by molar-refractivity contribution is 7.91. The van der Waals surface area contributed by atoms with Crippen molar-refractivity contribution in [3.05, 3.63) is 22.1 Å². The number of aromatic amines is 1. The lowest BCUT2D eigenvalue weighted by Gasteiger charge is -2.08. The molecule has 1 fully saturated rings. The number of hydrogen-bond acceptors (Lipinski definition) is 3. The molecule has 1 atom stereocenters. The summed E-state index contributed by atoms with van der Waals surface area (Å²) in [7, 11) is -3.14. The Hall–Kier alpha value is -1.18. The van der Waals surface area contributed by atoms with Crippen molar-refractivity contribution in [1.29, 1.82) is 0 Å². The Bertz CT molecular complexity index is 546. The molecule has 2 rings (SSSR count). The van der Waals surface area contributed by atoms with E-state index in [2.05, 4.69) is 5.10 Å². The summed E-state index contributed by atoms with van der Waals surface area (Å²) in [6.45, 7) is 0. The number of nitrogens with one attached hydrogen (secondary N) is 1. The molecule has 0 saturated carbocycles. The van der Waals surface area contributed by atoms with Gasteiger partial charge in [-0.05, 0) is 6.42 Å². The molecule has 0 spiro atoms. The SMILES string of the molecule is O=c1cc(C(F)F)[nH]n1C1CCS(=O)(=O)C1. The summed E-state index contributed by atoms with van der Waals surface area (Å²) in [4.78, 5) is 11.3. The Morgan fingerprint density at radius 2 is 2.19 bits per heavy atom. The van der Waals surface area contributed by atoms with Crippen LogP contribution in [0.2, 0.25) is 0 Å². The second-order valence-electron chi connectivity index (χ2n) is 3.78. The molecular formula is C8H10F2N2O3S. The van der Waals surface area contributed by atoms with E-state index in [-0.39, 0.29) is 17.9 Å². The molecule has 0 aromatic carbocycles. The lowest BCUT2D eigenvalue weighted by Crippen LogP contribution is -2.22. The third kappa shape index (κ3) is 2.01. The highest BCUT2D eigenvalue weighted by Gasteiger charge is 2.31. The number of aromatic nitrogens is 2. The Kier molecular flexibility index (Phi) is 2.61. The minimum atomic E-state index is -3.14. The van der Waals surface area contributed by atoms with Gasteiger partial charge in [-0.1, -0.05) is 0 Å². The summed E-state index contributed by atoms with van der Waals surface area (Å²) in [6.07, 6.45) is -2.47. The third-order valence-electron chi connectivity index (χ3n) is 2.57. The van der Waals surface area contributed by atoms with Crippen LogP contribution in [-0.4, -0.2) is 29.7 Å². The van der Waals surface area contributed by atoms with Crippen LogP contribution in [0.15, 0.2) is 10.9 Å². The zero-order valence-corrected chi connectivity index (χ0v) is 9.01. The number of halogens is 2. The van der Waals surface area contributed by atoms with Crippen molar-refractivity contribution in [3.63, 3.8) is 0 Å². The maximum absolute atomic E-state index is 12.3. The summed E-state index contributed by atoms with van der Waals surface area (Å²) in [6, 6.07) is 0.250. The highest BCUT2D eigenvalue weighted by atomic mass is 32.2. The quantitative estimate of drug-likeness (QED) is 0.831. The summed E-state index contributed by atoms with van der Waals surface area (Å²) in [5, 5.41) is 2.25. The van der Waals surface area contributed by atoms with Gasteiger partial charge in [0, 0.05) is 6.07 Å². The minimum absolute atomic E-state index is 0.00681. The van der Waals surface area contributed by atoms with Crippen LogP contribution in [-0.2, 0) is 9.84 Å². The average molecular weight is 252 g/mol. The second kappa shape index (κ2) is 3.69. The van der Waals surface area contributed by atoms with Crippen molar-refractivity contribution in [2.75, 3.05) is 11.5 Å². The molecule has 90 valence electrons. The molecule has 1 aliphatic heterocycles. The van der Waals surface area contributed by atoms with Crippen LogP contribution < -0.4 is 5.56 Å². The van der Waals surface area contributed by atoms with Gasteiger partial charge in [0.25, 0.3) is 12.0 Å². The highest BCUT2D eigenvalue weighted by Crippen LogP contribution is 2.23. The Morgan fingerprint density at radius 1 is 1.50 bits per heavy atom. The number of rotatable bonds is 2. The van der Waals surface area contributed by atoms with Gasteiger partial charge >= 0.3 is 0 Å². The topological polar surface area (TPSA) is 71.9 Å². The lowest BCUT2D eigenvalue weighted by atomic mass is 10.3. The van der Waals surface area contributed by atoms with Crippen molar-refractivity contribution >= 4 is 9.84 Å². The van der Waals surface area contributed by atoms with Gasteiger partial charge in [0.2, 0.25) is 0 Å².